The van der Waals surface area contributed by atoms with Gasteiger partial charge in [0, 0.05) is 26.1 Å². The number of piperidine rings is 1. The van der Waals surface area contributed by atoms with Crippen molar-refractivity contribution in [1.29, 1.82) is 0 Å². The van der Waals surface area contributed by atoms with Gasteiger partial charge in [-0.15, -0.1) is 0 Å². The van der Waals surface area contributed by atoms with Crippen LogP contribution in [-0.4, -0.2) is 60.1 Å². The van der Waals surface area contributed by atoms with Gasteiger partial charge in [-0.2, -0.15) is 0 Å². The maximum absolute atomic E-state index is 10.6. The summed E-state index contributed by atoms with van der Waals surface area (Å²) in [7, 11) is 0. The number of carboxylic acids is 1. The lowest BCUT2D eigenvalue weighted by molar-refractivity contribution is -0.137. The van der Waals surface area contributed by atoms with E-state index < -0.39 is 5.97 Å². The fourth-order valence-electron chi connectivity index (χ4n) is 2.74. The van der Waals surface area contributed by atoms with Crippen molar-refractivity contribution in [2.75, 3.05) is 39.3 Å². The van der Waals surface area contributed by atoms with Crippen LogP contribution in [0, 0.1) is 5.92 Å². The number of nitrogens with zero attached hydrogens (tertiary/aromatic N) is 2. The number of hydrogen-bond acceptors (Lipinski definition) is 3. The SMILES string of the molecule is CCN(CC)CCN1CCCC(CCC(=O)O)C1. The lowest BCUT2D eigenvalue weighted by atomic mass is 9.93. The first-order valence-electron chi connectivity index (χ1n) is 7.32. The molecule has 1 fully saturated rings. The highest BCUT2D eigenvalue weighted by Crippen LogP contribution is 2.20. The fourth-order valence-corrected chi connectivity index (χ4v) is 2.74. The van der Waals surface area contributed by atoms with Crippen LogP contribution >= 0.6 is 0 Å². The normalized spacial score (nSPS) is 21.4. The third-order valence-corrected chi connectivity index (χ3v) is 4.00. The molecule has 106 valence electrons. The molecule has 0 aromatic carbocycles. The topological polar surface area (TPSA) is 43.8 Å². The summed E-state index contributed by atoms with van der Waals surface area (Å²) in [6.07, 6.45) is 3.60. The molecule has 1 atom stereocenters. The molecule has 0 radical (unpaired) electrons. The summed E-state index contributed by atoms with van der Waals surface area (Å²) in [5.41, 5.74) is 0. The molecule has 4 nitrogen and oxygen atoms in total. The summed E-state index contributed by atoms with van der Waals surface area (Å²) < 4.78 is 0. The van der Waals surface area contributed by atoms with Crippen molar-refractivity contribution < 1.29 is 9.90 Å². The van der Waals surface area contributed by atoms with E-state index in [2.05, 4.69) is 23.6 Å². The molecule has 1 unspecified atom stereocenters. The Hall–Kier alpha value is -0.610. The zero-order chi connectivity index (χ0) is 13.4. The Morgan fingerprint density at radius 3 is 2.72 bits per heavy atom. The second-order valence-electron chi connectivity index (χ2n) is 5.27. The standard InChI is InChI=1S/C14H28N2O2/c1-3-15(4-2)10-11-16-9-5-6-13(12-16)7-8-14(17)18/h13H,3-12H2,1-2H3,(H,17,18). The Morgan fingerprint density at radius 1 is 1.39 bits per heavy atom. The van der Waals surface area contributed by atoms with Gasteiger partial charge in [-0.25, -0.2) is 0 Å². The highest BCUT2D eigenvalue weighted by Gasteiger charge is 2.20. The molecule has 1 aliphatic heterocycles. The summed E-state index contributed by atoms with van der Waals surface area (Å²) in [6, 6.07) is 0. The Kier molecular flexibility index (Phi) is 7.28. The van der Waals surface area contributed by atoms with Gasteiger partial charge < -0.3 is 14.9 Å². The van der Waals surface area contributed by atoms with Gasteiger partial charge in [0.25, 0.3) is 0 Å². The molecule has 0 bridgehead atoms. The smallest absolute Gasteiger partial charge is 0.303 e. The number of carboxylic acid groups (broad SMARTS) is 1. The highest BCUT2D eigenvalue weighted by atomic mass is 16.4. The first kappa shape index (κ1) is 15.4. The van der Waals surface area contributed by atoms with Crippen molar-refractivity contribution in [3.05, 3.63) is 0 Å². The van der Waals surface area contributed by atoms with Crippen molar-refractivity contribution in [3.8, 4) is 0 Å². The third-order valence-electron chi connectivity index (χ3n) is 4.00. The van der Waals surface area contributed by atoms with E-state index in [1.54, 1.807) is 0 Å². The molecule has 0 aromatic rings. The Bertz CT molecular complexity index is 242. The van der Waals surface area contributed by atoms with Crippen LogP contribution in [0.4, 0.5) is 0 Å². The van der Waals surface area contributed by atoms with E-state index in [9.17, 15) is 4.79 Å². The minimum absolute atomic E-state index is 0.328. The largest absolute Gasteiger partial charge is 0.481 e. The van der Waals surface area contributed by atoms with Gasteiger partial charge in [0.15, 0.2) is 0 Å². The minimum Gasteiger partial charge on any atom is -0.481 e. The lowest BCUT2D eigenvalue weighted by Crippen LogP contribution is -2.40. The number of likely N-dealkylation sites (N-methyl/N-ethyl adjacent to an activating group) is 1. The third kappa shape index (κ3) is 5.83. The first-order chi connectivity index (χ1) is 8.65. The van der Waals surface area contributed by atoms with Gasteiger partial charge in [-0.05, 0) is 44.8 Å². The summed E-state index contributed by atoms with van der Waals surface area (Å²) in [6.45, 7) is 11.2. The van der Waals surface area contributed by atoms with Crippen LogP contribution in [0.1, 0.15) is 39.5 Å². The maximum Gasteiger partial charge on any atom is 0.303 e. The Balaban J connectivity index is 2.23. The van der Waals surface area contributed by atoms with Gasteiger partial charge in [0.1, 0.15) is 0 Å². The predicted octanol–water partition coefficient (Wildman–Crippen LogP) is 1.91. The number of hydrogen-bond donors (Lipinski definition) is 1. The maximum atomic E-state index is 10.6. The number of carbonyl (C=O) groups is 1. The van der Waals surface area contributed by atoms with Gasteiger partial charge in [-0.3, -0.25) is 4.79 Å². The molecule has 1 rings (SSSR count). The predicted molar refractivity (Wildman–Crippen MR) is 73.8 cm³/mol. The van der Waals surface area contributed by atoms with Crippen LogP contribution in [0.3, 0.4) is 0 Å². The number of likely N-dealkylation sites (tertiary alicyclic amines) is 1. The average Bonchev–Trinajstić information content (AvgIpc) is 2.38. The monoisotopic (exact) mass is 256 g/mol. The van der Waals surface area contributed by atoms with E-state index in [4.69, 9.17) is 5.11 Å². The first-order valence-corrected chi connectivity index (χ1v) is 7.32. The van der Waals surface area contributed by atoms with E-state index in [1.807, 2.05) is 0 Å². The zero-order valence-electron chi connectivity index (χ0n) is 11.9. The van der Waals surface area contributed by atoms with E-state index in [-0.39, 0.29) is 0 Å². The molecular weight excluding hydrogens is 228 g/mol. The van der Waals surface area contributed by atoms with Crippen molar-refractivity contribution in [1.82, 2.24) is 9.80 Å². The molecule has 1 N–H and O–H groups in total. The zero-order valence-corrected chi connectivity index (χ0v) is 11.9. The second kappa shape index (κ2) is 8.48. The van der Waals surface area contributed by atoms with Crippen molar-refractivity contribution >= 4 is 5.97 Å². The van der Waals surface area contributed by atoms with Crippen LogP contribution < -0.4 is 0 Å². The molecular formula is C14H28N2O2. The second-order valence-corrected chi connectivity index (χ2v) is 5.27. The van der Waals surface area contributed by atoms with E-state index in [0.29, 0.717) is 12.3 Å². The minimum atomic E-state index is -0.657. The molecule has 18 heavy (non-hydrogen) atoms. The Morgan fingerprint density at radius 2 is 2.11 bits per heavy atom. The molecule has 1 aliphatic rings. The van der Waals surface area contributed by atoms with Crippen LogP contribution in [0.2, 0.25) is 0 Å². The van der Waals surface area contributed by atoms with Crippen molar-refractivity contribution in [2.45, 2.75) is 39.5 Å². The molecule has 4 heteroatoms. The molecule has 0 saturated carbocycles. The van der Waals surface area contributed by atoms with E-state index in [0.717, 1.165) is 39.1 Å². The molecule has 1 heterocycles. The number of aliphatic carboxylic acids is 1. The van der Waals surface area contributed by atoms with Gasteiger partial charge in [0.05, 0.1) is 0 Å². The molecule has 0 spiro atoms. The lowest BCUT2D eigenvalue weighted by Gasteiger charge is -2.33. The summed E-state index contributed by atoms with van der Waals surface area (Å²) in [5, 5.41) is 8.73. The van der Waals surface area contributed by atoms with Crippen molar-refractivity contribution in [2.24, 2.45) is 5.92 Å². The summed E-state index contributed by atoms with van der Waals surface area (Å²) >= 11 is 0. The molecule has 1 saturated heterocycles. The summed E-state index contributed by atoms with van der Waals surface area (Å²) in [5.74, 6) is -0.0678. The summed E-state index contributed by atoms with van der Waals surface area (Å²) in [4.78, 5) is 15.5. The van der Waals surface area contributed by atoms with Gasteiger partial charge >= 0.3 is 5.97 Å². The van der Waals surface area contributed by atoms with Gasteiger partial charge in [0.2, 0.25) is 0 Å². The van der Waals surface area contributed by atoms with Crippen LogP contribution in [0.25, 0.3) is 0 Å². The fraction of sp³-hybridized carbons (Fsp3) is 0.929. The molecule has 0 aliphatic carbocycles. The van der Waals surface area contributed by atoms with Crippen LogP contribution in [0.15, 0.2) is 0 Å². The quantitative estimate of drug-likeness (QED) is 0.720. The molecule has 0 aromatic heterocycles. The highest BCUT2D eigenvalue weighted by molar-refractivity contribution is 5.66. The van der Waals surface area contributed by atoms with Crippen molar-refractivity contribution in [3.63, 3.8) is 0 Å². The van der Waals surface area contributed by atoms with Crippen LogP contribution in [0.5, 0.6) is 0 Å². The van der Waals surface area contributed by atoms with E-state index in [1.165, 1.54) is 19.4 Å². The average molecular weight is 256 g/mol. The van der Waals surface area contributed by atoms with Crippen LogP contribution in [-0.2, 0) is 4.79 Å². The number of rotatable bonds is 8. The van der Waals surface area contributed by atoms with E-state index >= 15 is 0 Å². The Labute approximate surface area is 111 Å². The van der Waals surface area contributed by atoms with Gasteiger partial charge in [-0.1, -0.05) is 13.8 Å². The molecule has 0 amide bonds.